The number of rotatable bonds is 4. The summed E-state index contributed by atoms with van der Waals surface area (Å²) in [5.74, 6) is 0. The van der Waals surface area contributed by atoms with Crippen molar-refractivity contribution in [3.8, 4) is 0 Å². The van der Waals surface area contributed by atoms with Gasteiger partial charge in [0, 0.05) is 0 Å². The van der Waals surface area contributed by atoms with Gasteiger partial charge in [-0.15, -0.1) is 0 Å². The van der Waals surface area contributed by atoms with Crippen molar-refractivity contribution >= 4 is 0 Å². The van der Waals surface area contributed by atoms with Gasteiger partial charge >= 0.3 is 0 Å². The molecule has 2 atom stereocenters. The van der Waals surface area contributed by atoms with Gasteiger partial charge in [0.25, 0.3) is 0 Å². The molecule has 0 aromatic heterocycles. The molecule has 0 unspecified atom stereocenters. The van der Waals surface area contributed by atoms with E-state index < -0.39 is 0 Å². The number of ether oxygens (including phenoxy) is 2. The zero-order valence-corrected chi connectivity index (χ0v) is 9.19. The molecule has 1 saturated heterocycles. The summed E-state index contributed by atoms with van der Waals surface area (Å²) in [5, 5.41) is 0. The zero-order valence-electron chi connectivity index (χ0n) is 9.19. The highest BCUT2D eigenvalue weighted by Gasteiger charge is 2.26. The van der Waals surface area contributed by atoms with Crippen molar-refractivity contribution in [2.45, 2.75) is 38.6 Å². The van der Waals surface area contributed by atoms with Gasteiger partial charge in [-0.3, -0.25) is 0 Å². The minimum absolute atomic E-state index is 0.00940. The molecule has 0 bridgehead atoms. The van der Waals surface area contributed by atoms with Crippen molar-refractivity contribution in [3.63, 3.8) is 0 Å². The number of hydrogen-bond acceptors (Lipinski definition) is 2. The van der Waals surface area contributed by atoms with Gasteiger partial charge < -0.3 is 9.47 Å². The summed E-state index contributed by atoms with van der Waals surface area (Å²) < 4.78 is 11.4. The molecular formula is C13H18O2. The van der Waals surface area contributed by atoms with E-state index in [1.54, 1.807) is 0 Å². The molecule has 0 spiro atoms. The molecule has 0 radical (unpaired) electrons. The molecule has 0 N–H and O–H groups in total. The topological polar surface area (TPSA) is 18.5 Å². The Morgan fingerprint density at radius 1 is 1.27 bits per heavy atom. The maximum atomic E-state index is 5.83. The number of unbranched alkanes of at least 4 members (excludes halogenated alkanes) is 1. The molecule has 2 rings (SSSR count). The lowest BCUT2D eigenvalue weighted by Gasteiger charge is -2.10. The van der Waals surface area contributed by atoms with E-state index in [2.05, 4.69) is 19.1 Å². The second kappa shape index (κ2) is 5.29. The second-order valence-corrected chi connectivity index (χ2v) is 3.94. The van der Waals surface area contributed by atoms with Crippen LogP contribution < -0.4 is 0 Å². The number of benzene rings is 1. The molecule has 15 heavy (non-hydrogen) atoms. The smallest absolute Gasteiger partial charge is 0.158 e. The van der Waals surface area contributed by atoms with E-state index in [9.17, 15) is 0 Å². The predicted octanol–water partition coefficient (Wildman–Crippen LogP) is 3.29. The van der Waals surface area contributed by atoms with E-state index >= 15 is 0 Å². The average molecular weight is 206 g/mol. The Labute approximate surface area is 91.2 Å². The lowest BCUT2D eigenvalue weighted by molar-refractivity contribution is -0.0635. The Morgan fingerprint density at radius 3 is 2.80 bits per heavy atom. The van der Waals surface area contributed by atoms with Gasteiger partial charge in [0.05, 0.1) is 6.61 Å². The van der Waals surface area contributed by atoms with Gasteiger partial charge in [-0.2, -0.15) is 0 Å². The Bertz CT molecular complexity index is 284. The van der Waals surface area contributed by atoms with Gasteiger partial charge in [0.2, 0.25) is 0 Å². The molecule has 0 saturated carbocycles. The van der Waals surface area contributed by atoms with E-state index in [0.29, 0.717) is 6.61 Å². The molecule has 1 aliphatic heterocycles. The molecule has 1 aromatic rings. The first-order valence-electron chi connectivity index (χ1n) is 5.72. The maximum absolute atomic E-state index is 5.83. The van der Waals surface area contributed by atoms with Crippen molar-refractivity contribution in [3.05, 3.63) is 35.9 Å². The Kier molecular flexibility index (Phi) is 3.75. The van der Waals surface area contributed by atoms with Gasteiger partial charge in [-0.25, -0.2) is 0 Å². The van der Waals surface area contributed by atoms with Crippen molar-refractivity contribution < 1.29 is 9.47 Å². The SMILES string of the molecule is CCCC[C@H]1OC[C@@H](c2ccccc2)O1. The average Bonchev–Trinajstić information content (AvgIpc) is 2.76. The summed E-state index contributed by atoms with van der Waals surface area (Å²) in [6.07, 6.45) is 3.52. The summed E-state index contributed by atoms with van der Waals surface area (Å²) in [5.41, 5.74) is 1.22. The summed E-state index contributed by atoms with van der Waals surface area (Å²) in [6.45, 7) is 2.88. The second-order valence-electron chi connectivity index (χ2n) is 3.94. The molecule has 1 fully saturated rings. The summed E-state index contributed by atoms with van der Waals surface area (Å²) in [4.78, 5) is 0. The molecule has 0 amide bonds. The fraction of sp³-hybridized carbons (Fsp3) is 0.538. The molecule has 1 heterocycles. The van der Waals surface area contributed by atoms with E-state index in [1.807, 2.05) is 18.2 Å². The summed E-state index contributed by atoms with van der Waals surface area (Å²) in [7, 11) is 0. The first kappa shape index (κ1) is 10.7. The van der Waals surface area contributed by atoms with Crippen LogP contribution >= 0.6 is 0 Å². The fourth-order valence-electron chi connectivity index (χ4n) is 1.82. The normalized spacial score (nSPS) is 25.7. The molecule has 1 aromatic carbocycles. The van der Waals surface area contributed by atoms with Crippen LogP contribution in [0.15, 0.2) is 30.3 Å². The molecule has 0 aliphatic carbocycles. The predicted molar refractivity (Wildman–Crippen MR) is 59.5 cm³/mol. The fourth-order valence-corrected chi connectivity index (χ4v) is 1.82. The Balaban J connectivity index is 1.87. The molecule has 82 valence electrons. The van der Waals surface area contributed by atoms with Crippen LogP contribution in [-0.2, 0) is 9.47 Å². The first-order chi connectivity index (χ1) is 7.40. The Hall–Kier alpha value is -0.860. The van der Waals surface area contributed by atoms with E-state index in [1.165, 1.54) is 18.4 Å². The highest BCUT2D eigenvalue weighted by atomic mass is 16.7. The molecule has 2 nitrogen and oxygen atoms in total. The lowest BCUT2D eigenvalue weighted by Crippen LogP contribution is -2.07. The van der Waals surface area contributed by atoms with Gasteiger partial charge in [0.15, 0.2) is 6.29 Å². The molecule has 2 heteroatoms. The number of hydrogen-bond donors (Lipinski definition) is 0. The van der Waals surface area contributed by atoms with Crippen LogP contribution in [-0.4, -0.2) is 12.9 Å². The van der Waals surface area contributed by atoms with Gasteiger partial charge in [-0.1, -0.05) is 43.7 Å². The van der Waals surface area contributed by atoms with Gasteiger partial charge in [-0.05, 0) is 18.4 Å². The van der Waals surface area contributed by atoms with Crippen LogP contribution in [0.4, 0.5) is 0 Å². The van der Waals surface area contributed by atoms with E-state index in [4.69, 9.17) is 9.47 Å². The van der Waals surface area contributed by atoms with Gasteiger partial charge in [0.1, 0.15) is 6.10 Å². The van der Waals surface area contributed by atoms with E-state index in [-0.39, 0.29) is 12.4 Å². The third-order valence-electron chi connectivity index (χ3n) is 2.71. The first-order valence-corrected chi connectivity index (χ1v) is 5.72. The minimum atomic E-state index is 0.00940. The third-order valence-corrected chi connectivity index (χ3v) is 2.71. The zero-order chi connectivity index (χ0) is 10.5. The van der Waals surface area contributed by atoms with Crippen LogP contribution in [0.1, 0.15) is 37.9 Å². The molecule has 1 aliphatic rings. The van der Waals surface area contributed by atoms with Crippen molar-refractivity contribution in [1.82, 2.24) is 0 Å². The van der Waals surface area contributed by atoms with Crippen molar-refractivity contribution in [1.29, 1.82) is 0 Å². The minimum Gasteiger partial charge on any atom is -0.350 e. The van der Waals surface area contributed by atoms with Crippen LogP contribution in [0.3, 0.4) is 0 Å². The lowest BCUT2D eigenvalue weighted by atomic mass is 10.1. The summed E-state index contributed by atoms with van der Waals surface area (Å²) in [6, 6.07) is 10.3. The quantitative estimate of drug-likeness (QED) is 0.752. The maximum Gasteiger partial charge on any atom is 0.158 e. The third kappa shape index (κ3) is 2.80. The van der Waals surface area contributed by atoms with Crippen molar-refractivity contribution in [2.24, 2.45) is 0 Å². The Morgan fingerprint density at radius 2 is 2.07 bits per heavy atom. The van der Waals surface area contributed by atoms with Crippen LogP contribution in [0.5, 0.6) is 0 Å². The monoisotopic (exact) mass is 206 g/mol. The van der Waals surface area contributed by atoms with E-state index in [0.717, 1.165) is 6.42 Å². The highest BCUT2D eigenvalue weighted by molar-refractivity contribution is 5.18. The van der Waals surface area contributed by atoms with Crippen LogP contribution in [0.2, 0.25) is 0 Å². The van der Waals surface area contributed by atoms with Crippen LogP contribution in [0, 0.1) is 0 Å². The highest BCUT2D eigenvalue weighted by Crippen LogP contribution is 2.28. The summed E-state index contributed by atoms with van der Waals surface area (Å²) >= 11 is 0. The standard InChI is InChI=1S/C13H18O2/c1-2-3-9-13-14-10-12(15-13)11-7-5-4-6-8-11/h4-8,12-13H,2-3,9-10H2,1H3/t12-,13-/m0/s1. The largest absolute Gasteiger partial charge is 0.350 e. The van der Waals surface area contributed by atoms with Crippen LogP contribution in [0.25, 0.3) is 0 Å². The van der Waals surface area contributed by atoms with Crippen molar-refractivity contribution in [2.75, 3.05) is 6.61 Å². The molecular weight excluding hydrogens is 188 g/mol.